The van der Waals surface area contributed by atoms with Gasteiger partial charge in [0.05, 0.1) is 20.8 Å². The number of hydrogen-bond donors (Lipinski definition) is 4. The van der Waals surface area contributed by atoms with Crippen molar-refractivity contribution in [1.82, 2.24) is 14.6 Å². The Bertz CT molecular complexity index is 988. The monoisotopic (exact) mass is 522 g/mol. The van der Waals surface area contributed by atoms with E-state index in [-0.39, 0.29) is 18.2 Å². The SMILES string of the molecule is COC(=O)COP(=O)(N[C@@H](CC(C)C)C(=O)OC)OC[C@H]1O[C@@H](n2ccc(N)nc2=O)[C@H](O)C1O. The number of aliphatic hydroxyl groups excluding tert-OH is 2. The molecule has 2 rings (SSSR count). The summed E-state index contributed by atoms with van der Waals surface area (Å²) in [6, 6.07) is 0.185. The van der Waals surface area contributed by atoms with Gasteiger partial charge in [0, 0.05) is 6.20 Å². The van der Waals surface area contributed by atoms with Crippen LogP contribution in [0.15, 0.2) is 17.1 Å². The molecule has 5 N–H and O–H groups in total. The molecule has 0 saturated carbocycles. The summed E-state index contributed by atoms with van der Waals surface area (Å²) in [7, 11) is -2.15. The number of aliphatic hydroxyl groups is 2. The van der Waals surface area contributed by atoms with E-state index in [4.69, 9.17) is 24.3 Å². The number of rotatable bonds is 12. The highest BCUT2D eigenvalue weighted by molar-refractivity contribution is 7.51. The molecule has 15 nitrogen and oxygen atoms in total. The molecule has 0 aromatic carbocycles. The van der Waals surface area contributed by atoms with Crippen molar-refractivity contribution < 1.29 is 47.6 Å². The maximum atomic E-state index is 13.4. The summed E-state index contributed by atoms with van der Waals surface area (Å²) in [5, 5.41) is 23.2. The van der Waals surface area contributed by atoms with Gasteiger partial charge in [-0.25, -0.2) is 19.2 Å². The first-order valence-electron chi connectivity index (χ1n) is 10.6. The molecule has 0 spiro atoms. The van der Waals surface area contributed by atoms with Gasteiger partial charge in [0.2, 0.25) is 0 Å². The molecule has 1 aliphatic rings. The zero-order valence-electron chi connectivity index (χ0n) is 19.7. The number of nitrogens with one attached hydrogen (secondary N) is 1. The zero-order valence-corrected chi connectivity index (χ0v) is 20.6. The summed E-state index contributed by atoms with van der Waals surface area (Å²) in [5.74, 6) is -1.68. The topological polar surface area (TPSA) is 211 Å². The average Bonchev–Trinajstić information content (AvgIpc) is 3.08. The second-order valence-corrected chi connectivity index (χ2v) is 9.84. The number of anilines is 1. The fourth-order valence-corrected chi connectivity index (χ4v) is 4.64. The fraction of sp³-hybridized carbons (Fsp3) is 0.684. The molecule has 1 saturated heterocycles. The molecule has 0 aliphatic carbocycles. The smallest absolute Gasteiger partial charge is 0.406 e. The standard InChI is InChI=1S/C19H31N4O11P/c1-10(2)7-11(18(27)31-4)22-35(29,33-9-14(24)30-3)32-8-12-15(25)16(26)17(34-12)23-6-5-13(20)21-19(23)28/h5-6,10-12,15-17,25-26H,7-9H2,1-4H3,(H,22,29)(H2,20,21,28)/t11-,12+,15?,16+,17+,35?/m0/s1. The van der Waals surface area contributed by atoms with Gasteiger partial charge in [-0.1, -0.05) is 13.8 Å². The fourth-order valence-electron chi connectivity index (χ4n) is 3.20. The van der Waals surface area contributed by atoms with E-state index in [0.717, 1.165) is 18.8 Å². The summed E-state index contributed by atoms with van der Waals surface area (Å²) < 4.78 is 39.5. The van der Waals surface area contributed by atoms with Crippen molar-refractivity contribution in [3.8, 4) is 0 Å². The molecule has 0 bridgehead atoms. The van der Waals surface area contributed by atoms with E-state index >= 15 is 0 Å². The Balaban J connectivity index is 2.19. The van der Waals surface area contributed by atoms with E-state index in [9.17, 15) is 29.2 Å². The van der Waals surface area contributed by atoms with Crippen LogP contribution in [-0.4, -0.2) is 83.5 Å². The van der Waals surface area contributed by atoms with E-state index in [1.165, 1.54) is 12.3 Å². The van der Waals surface area contributed by atoms with Crippen molar-refractivity contribution in [3.05, 3.63) is 22.7 Å². The van der Waals surface area contributed by atoms with Crippen LogP contribution < -0.4 is 16.5 Å². The van der Waals surface area contributed by atoms with E-state index in [0.29, 0.717) is 0 Å². The maximum Gasteiger partial charge on any atom is 0.406 e. The highest BCUT2D eigenvalue weighted by Gasteiger charge is 2.46. The number of carbonyl (C=O) groups excluding carboxylic acids is 2. The van der Waals surface area contributed by atoms with Crippen LogP contribution in [0.3, 0.4) is 0 Å². The van der Waals surface area contributed by atoms with Gasteiger partial charge < -0.3 is 30.2 Å². The normalized spacial score (nSPS) is 24.7. The number of nitrogens with two attached hydrogens (primary N) is 1. The zero-order chi connectivity index (χ0) is 26.3. The first-order chi connectivity index (χ1) is 16.4. The number of ether oxygens (including phenoxy) is 3. The molecule has 35 heavy (non-hydrogen) atoms. The molecule has 2 heterocycles. The predicted molar refractivity (Wildman–Crippen MR) is 119 cm³/mol. The molecule has 16 heteroatoms. The van der Waals surface area contributed by atoms with Crippen molar-refractivity contribution in [2.75, 3.05) is 33.2 Å². The van der Waals surface area contributed by atoms with Crippen LogP contribution >= 0.6 is 7.75 Å². The highest BCUT2D eigenvalue weighted by Crippen LogP contribution is 2.46. The van der Waals surface area contributed by atoms with Crippen molar-refractivity contribution in [3.63, 3.8) is 0 Å². The Morgan fingerprint density at radius 3 is 2.51 bits per heavy atom. The second-order valence-electron chi connectivity index (χ2n) is 8.07. The van der Waals surface area contributed by atoms with Crippen LogP contribution in [-0.2, 0) is 37.4 Å². The van der Waals surface area contributed by atoms with Crippen LogP contribution in [0.4, 0.5) is 5.82 Å². The third kappa shape index (κ3) is 7.80. The Morgan fingerprint density at radius 1 is 1.26 bits per heavy atom. The number of carbonyl (C=O) groups is 2. The first-order valence-corrected chi connectivity index (χ1v) is 12.1. The minimum Gasteiger partial charge on any atom is -0.468 e. The number of aromatic nitrogens is 2. The molecule has 1 aliphatic heterocycles. The average molecular weight is 522 g/mol. The second kappa shape index (κ2) is 12.5. The Labute approximate surface area is 201 Å². The Morgan fingerprint density at radius 2 is 1.94 bits per heavy atom. The molecular weight excluding hydrogens is 491 g/mol. The lowest BCUT2D eigenvalue weighted by Crippen LogP contribution is -2.39. The minimum atomic E-state index is -4.39. The van der Waals surface area contributed by atoms with Crippen LogP contribution in [0, 0.1) is 5.92 Å². The third-order valence-corrected chi connectivity index (χ3v) is 6.54. The summed E-state index contributed by atoms with van der Waals surface area (Å²) in [4.78, 5) is 39.3. The van der Waals surface area contributed by atoms with Gasteiger partial charge in [0.1, 0.15) is 30.2 Å². The van der Waals surface area contributed by atoms with Crippen molar-refractivity contribution in [1.29, 1.82) is 0 Å². The molecule has 0 amide bonds. The molecule has 1 fully saturated rings. The highest BCUT2D eigenvalue weighted by atomic mass is 31.2. The number of methoxy groups -OCH3 is 2. The lowest BCUT2D eigenvalue weighted by Gasteiger charge is -2.26. The van der Waals surface area contributed by atoms with Gasteiger partial charge in [0.25, 0.3) is 0 Å². The van der Waals surface area contributed by atoms with Gasteiger partial charge in [-0.05, 0) is 18.4 Å². The number of nitrogens with zero attached hydrogens (tertiary/aromatic N) is 2. The summed E-state index contributed by atoms with van der Waals surface area (Å²) >= 11 is 0. The van der Waals surface area contributed by atoms with Crippen molar-refractivity contribution in [2.45, 2.75) is 50.8 Å². The van der Waals surface area contributed by atoms with Crippen LogP contribution in [0.25, 0.3) is 0 Å². The first kappa shape index (κ1) is 28.8. The number of hydrogen-bond acceptors (Lipinski definition) is 13. The summed E-state index contributed by atoms with van der Waals surface area (Å²) in [6.07, 6.45) is -4.33. The predicted octanol–water partition coefficient (Wildman–Crippen LogP) is -1.06. The van der Waals surface area contributed by atoms with Gasteiger partial charge in [-0.3, -0.25) is 18.4 Å². The maximum absolute atomic E-state index is 13.4. The van der Waals surface area contributed by atoms with Gasteiger partial charge in [-0.2, -0.15) is 4.98 Å². The van der Waals surface area contributed by atoms with Crippen LogP contribution in [0.1, 0.15) is 26.5 Å². The van der Waals surface area contributed by atoms with Crippen molar-refractivity contribution in [2.24, 2.45) is 5.92 Å². The van der Waals surface area contributed by atoms with Crippen LogP contribution in [0.2, 0.25) is 0 Å². The lowest BCUT2D eigenvalue weighted by molar-refractivity contribution is -0.143. The van der Waals surface area contributed by atoms with Gasteiger partial charge in [0.15, 0.2) is 12.8 Å². The Hall–Kier alpha value is -2.39. The summed E-state index contributed by atoms with van der Waals surface area (Å²) in [6.45, 7) is 2.24. The van der Waals surface area contributed by atoms with E-state index < -0.39 is 69.2 Å². The lowest BCUT2D eigenvalue weighted by atomic mass is 10.1. The molecule has 2 unspecified atom stereocenters. The number of nitrogen functional groups attached to an aromatic ring is 1. The van der Waals surface area contributed by atoms with Gasteiger partial charge >= 0.3 is 25.4 Å². The summed E-state index contributed by atoms with van der Waals surface area (Å²) in [5.41, 5.74) is 4.63. The van der Waals surface area contributed by atoms with Crippen molar-refractivity contribution >= 4 is 25.5 Å². The third-order valence-electron chi connectivity index (χ3n) is 4.96. The molecule has 1 aromatic heterocycles. The Kier molecular flexibility index (Phi) is 10.3. The van der Waals surface area contributed by atoms with Gasteiger partial charge in [-0.15, -0.1) is 0 Å². The number of esters is 2. The largest absolute Gasteiger partial charge is 0.468 e. The van der Waals surface area contributed by atoms with E-state index in [1.54, 1.807) is 0 Å². The molecule has 0 radical (unpaired) electrons. The molecular formula is C19H31N4O11P. The van der Waals surface area contributed by atoms with E-state index in [1.807, 2.05) is 13.8 Å². The molecule has 1 aromatic rings. The van der Waals surface area contributed by atoms with Crippen LogP contribution in [0.5, 0.6) is 0 Å². The molecule has 198 valence electrons. The minimum absolute atomic E-state index is 0.0246. The molecule has 6 atom stereocenters. The van der Waals surface area contributed by atoms with E-state index in [2.05, 4.69) is 14.8 Å². The quantitative estimate of drug-likeness (QED) is 0.190.